The highest BCUT2D eigenvalue weighted by atomic mass is 16.7. The monoisotopic (exact) mass is 234 g/mol. The van der Waals surface area contributed by atoms with Crippen molar-refractivity contribution in [3.05, 3.63) is 42.0 Å². The van der Waals surface area contributed by atoms with Gasteiger partial charge in [0.25, 0.3) is 0 Å². The SMILES string of the molecule is CC1(CO)COC(/C=C/c2ccccc2)OC1. The van der Waals surface area contributed by atoms with Gasteiger partial charge in [0, 0.05) is 5.41 Å². The van der Waals surface area contributed by atoms with E-state index in [-0.39, 0.29) is 18.3 Å². The van der Waals surface area contributed by atoms with Crippen LogP contribution in [0.3, 0.4) is 0 Å². The van der Waals surface area contributed by atoms with Gasteiger partial charge >= 0.3 is 0 Å². The van der Waals surface area contributed by atoms with Crippen molar-refractivity contribution >= 4 is 6.08 Å². The third-order valence-electron chi connectivity index (χ3n) is 2.82. The van der Waals surface area contributed by atoms with E-state index in [4.69, 9.17) is 14.6 Å². The van der Waals surface area contributed by atoms with Crippen molar-refractivity contribution in [1.82, 2.24) is 0 Å². The van der Waals surface area contributed by atoms with Crippen LogP contribution in [0.1, 0.15) is 12.5 Å². The summed E-state index contributed by atoms with van der Waals surface area (Å²) in [5.74, 6) is 0. The van der Waals surface area contributed by atoms with Gasteiger partial charge in [-0.25, -0.2) is 0 Å². The van der Waals surface area contributed by atoms with Crippen LogP contribution in [0.5, 0.6) is 0 Å². The summed E-state index contributed by atoms with van der Waals surface area (Å²) in [4.78, 5) is 0. The molecule has 0 atom stereocenters. The highest BCUT2D eigenvalue weighted by molar-refractivity contribution is 5.48. The summed E-state index contributed by atoms with van der Waals surface area (Å²) < 4.78 is 11.1. The topological polar surface area (TPSA) is 38.7 Å². The molecule has 1 fully saturated rings. The maximum absolute atomic E-state index is 9.17. The van der Waals surface area contributed by atoms with E-state index >= 15 is 0 Å². The molecule has 0 unspecified atom stereocenters. The largest absolute Gasteiger partial charge is 0.396 e. The maximum atomic E-state index is 9.17. The Morgan fingerprint density at radius 1 is 1.29 bits per heavy atom. The molecule has 2 rings (SSSR count). The lowest BCUT2D eigenvalue weighted by molar-refractivity contribution is -0.209. The average Bonchev–Trinajstić information content (AvgIpc) is 2.39. The zero-order chi connectivity index (χ0) is 12.1. The summed E-state index contributed by atoms with van der Waals surface area (Å²) in [5, 5.41) is 9.17. The van der Waals surface area contributed by atoms with Crippen molar-refractivity contribution < 1.29 is 14.6 Å². The van der Waals surface area contributed by atoms with Gasteiger partial charge in [0.2, 0.25) is 0 Å². The van der Waals surface area contributed by atoms with Gasteiger partial charge in [-0.3, -0.25) is 0 Å². The van der Waals surface area contributed by atoms with E-state index in [1.165, 1.54) is 0 Å². The Bertz CT molecular complexity index is 364. The molecule has 1 aliphatic heterocycles. The Morgan fingerprint density at radius 3 is 2.53 bits per heavy atom. The maximum Gasteiger partial charge on any atom is 0.177 e. The summed E-state index contributed by atoms with van der Waals surface area (Å²) in [7, 11) is 0. The third-order valence-corrected chi connectivity index (χ3v) is 2.82. The van der Waals surface area contributed by atoms with Crippen LogP contribution in [0.2, 0.25) is 0 Å². The molecule has 0 spiro atoms. The molecule has 1 heterocycles. The zero-order valence-corrected chi connectivity index (χ0v) is 10.0. The highest BCUT2D eigenvalue weighted by Gasteiger charge is 2.31. The van der Waals surface area contributed by atoms with Crippen molar-refractivity contribution in [2.75, 3.05) is 19.8 Å². The van der Waals surface area contributed by atoms with Gasteiger partial charge in [0.1, 0.15) is 0 Å². The van der Waals surface area contributed by atoms with Gasteiger partial charge in [-0.1, -0.05) is 43.3 Å². The summed E-state index contributed by atoms with van der Waals surface area (Å²) in [6.07, 6.45) is 3.56. The standard InChI is InChI=1S/C14H18O3/c1-14(9-15)10-16-13(17-11-14)8-7-12-5-3-2-4-6-12/h2-8,13,15H,9-11H2,1H3/b8-7+. The normalized spacial score (nSPS) is 29.6. The number of benzene rings is 1. The first-order chi connectivity index (χ1) is 8.22. The van der Waals surface area contributed by atoms with Crippen LogP contribution in [0, 0.1) is 5.41 Å². The van der Waals surface area contributed by atoms with Gasteiger partial charge < -0.3 is 14.6 Å². The molecule has 0 aliphatic carbocycles. The number of hydrogen-bond acceptors (Lipinski definition) is 3. The number of ether oxygens (including phenoxy) is 2. The number of rotatable bonds is 3. The molecule has 0 radical (unpaired) electrons. The molecule has 0 bridgehead atoms. The van der Waals surface area contributed by atoms with E-state index in [2.05, 4.69) is 0 Å². The second kappa shape index (κ2) is 5.45. The van der Waals surface area contributed by atoms with E-state index in [1.54, 1.807) is 0 Å². The second-order valence-corrected chi connectivity index (χ2v) is 4.73. The van der Waals surface area contributed by atoms with Crippen molar-refractivity contribution in [2.24, 2.45) is 5.41 Å². The lowest BCUT2D eigenvalue weighted by Crippen LogP contribution is -2.41. The first kappa shape index (κ1) is 12.3. The molecular formula is C14H18O3. The van der Waals surface area contributed by atoms with Gasteiger partial charge in [-0.05, 0) is 11.6 Å². The molecule has 0 saturated carbocycles. The molecule has 0 aromatic heterocycles. The number of aliphatic hydroxyl groups is 1. The molecule has 0 amide bonds. The molecule has 3 heteroatoms. The van der Waals surface area contributed by atoms with Crippen molar-refractivity contribution in [1.29, 1.82) is 0 Å². The van der Waals surface area contributed by atoms with Crippen LogP contribution >= 0.6 is 0 Å². The predicted molar refractivity (Wildman–Crippen MR) is 66.4 cm³/mol. The number of hydrogen-bond donors (Lipinski definition) is 1. The van der Waals surface area contributed by atoms with Crippen LogP contribution in [0.4, 0.5) is 0 Å². The lowest BCUT2D eigenvalue weighted by Gasteiger charge is -2.34. The summed E-state index contributed by atoms with van der Waals surface area (Å²) in [5.41, 5.74) is 0.854. The first-order valence-electron chi connectivity index (χ1n) is 5.79. The number of aliphatic hydroxyl groups excluding tert-OH is 1. The molecular weight excluding hydrogens is 216 g/mol. The van der Waals surface area contributed by atoms with Crippen LogP contribution in [-0.2, 0) is 9.47 Å². The molecule has 17 heavy (non-hydrogen) atoms. The Labute approximate surface area is 102 Å². The van der Waals surface area contributed by atoms with E-state index in [1.807, 2.05) is 49.4 Å². The smallest absolute Gasteiger partial charge is 0.177 e. The predicted octanol–water partition coefficient (Wildman–Crippen LogP) is 2.07. The Kier molecular flexibility index (Phi) is 3.94. The molecule has 1 saturated heterocycles. The van der Waals surface area contributed by atoms with Crippen molar-refractivity contribution in [3.8, 4) is 0 Å². The van der Waals surface area contributed by atoms with Crippen LogP contribution in [0.25, 0.3) is 6.08 Å². The van der Waals surface area contributed by atoms with Gasteiger partial charge in [-0.2, -0.15) is 0 Å². The second-order valence-electron chi connectivity index (χ2n) is 4.73. The van der Waals surface area contributed by atoms with Gasteiger partial charge in [-0.15, -0.1) is 0 Å². The van der Waals surface area contributed by atoms with Crippen molar-refractivity contribution in [3.63, 3.8) is 0 Å². The van der Waals surface area contributed by atoms with E-state index in [0.29, 0.717) is 13.2 Å². The molecule has 92 valence electrons. The lowest BCUT2D eigenvalue weighted by atomic mass is 9.94. The summed E-state index contributed by atoms with van der Waals surface area (Å²) in [6.45, 7) is 3.08. The minimum absolute atomic E-state index is 0.0854. The molecule has 1 aliphatic rings. The zero-order valence-electron chi connectivity index (χ0n) is 10.0. The van der Waals surface area contributed by atoms with Gasteiger partial charge in [0.05, 0.1) is 19.8 Å². The van der Waals surface area contributed by atoms with Crippen molar-refractivity contribution in [2.45, 2.75) is 13.2 Å². The Morgan fingerprint density at radius 2 is 1.94 bits per heavy atom. The van der Waals surface area contributed by atoms with E-state index < -0.39 is 0 Å². The molecule has 1 aromatic carbocycles. The molecule has 1 N–H and O–H groups in total. The van der Waals surface area contributed by atoms with E-state index in [9.17, 15) is 0 Å². The minimum Gasteiger partial charge on any atom is -0.396 e. The Balaban J connectivity index is 1.88. The van der Waals surface area contributed by atoms with Gasteiger partial charge in [0.15, 0.2) is 6.29 Å². The Hall–Kier alpha value is -1.16. The first-order valence-corrected chi connectivity index (χ1v) is 5.79. The summed E-state index contributed by atoms with van der Waals surface area (Å²) >= 11 is 0. The van der Waals surface area contributed by atoms with E-state index in [0.717, 1.165) is 5.56 Å². The fraction of sp³-hybridized carbons (Fsp3) is 0.429. The van der Waals surface area contributed by atoms with Crippen LogP contribution in [-0.4, -0.2) is 31.2 Å². The van der Waals surface area contributed by atoms with Crippen LogP contribution < -0.4 is 0 Å². The molecule has 1 aromatic rings. The fourth-order valence-corrected chi connectivity index (χ4v) is 1.61. The third kappa shape index (κ3) is 3.40. The van der Waals surface area contributed by atoms with Crippen LogP contribution in [0.15, 0.2) is 36.4 Å². The minimum atomic E-state index is -0.310. The average molecular weight is 234 g/mol. The molecule has 3 nitrogen and oxygen atoms in total. The quantitative estimate of drug-likeness (QED) is 0.870. The highest BCUT2D eigenvalue weighted by Crippen LogP contribution is 2.23. The fourth-order valence-electron chi connectivity index (χ4n) is 1.61. The summed E-state index contributed by atoms with van der Waals surface area (Å²) in [6, 6.07) is 10.0.